The van der Waals surface area contributed by atoms with Crippen LogP contribution >= 0.6 is 0 Å². The number of carbonyl (C=O) groups excluding carboxylic acids is 1. The van der Waals surface area contributed by atoms with E-state index in [1.54, 1.807) is 0 Å². The molecule has 3 rings (SSSR count). The number of benzene rings is 3. The molecule has 226 valence electrons. The first kappa shape index (κ1) is 34.1. The van der Waals surface area contributed by atoms with E-state index in [4.69, 9.17) is 5.41 Å². The predicted molar refractivity (Wildman–Crippen MR) is 162 cm³/mol. The predicted octanol–water partition coefficient (Wildman–Crippen LogP) is 7.13. The van der Waals surface area contributed by atoms with Gasteiger partial charge in [0.1, 0.15) is 17.1 Å². The van der Waals surface area contributed by atoms with Crippen molar-refractivity contribution in [2.24, 2.45) is 0 Å². The van der Waals surface area contributed by atoms with E-state index < -0.39 is 12.6 Å². The lowest BCUT2D eigenvalue weighted by atomic mass is 9.87. The van der Waals surface area contributed by atoms with Gasteiger partial charge in [-0.3, -0.25) is 10.2 Å². The molecular weight excluding hydrogens is 540 g/mol. The fourth-order valence-corrected chi connectivity index (χ4v) is 4.20. The number of alkyl halides is 2. The number of carbonyl (C=O) groups is 2. The van der Waals surface area contributed by atoms with Crippen LogP contribution in [-0.2, 0) is 23.2 Å². The summed E-state index contributed by atoms with van der Waals surface area (Å²) in [6.07, 6.45) is 2.58. The van der Waals surface area contributed by atoms with Crippen LogP contribution in [-0.4, -0.2) is 48.4 Å². The van der Waals surface area contributed by atoms with Gasteiger partial charge in [-0.25, -0.2) is 4.79 Å². The van der Waals surface area contributed by atoms with E-state index >= 15 is 0 Å². The first-order valence-corrected chi connectivity index (χ1v) is 13.8. The van der Waals surface area contributed by atoms with Crippen molar-refractivity contribution < 1.29 is 28.2 Å². The molecule has 9 heteroatoms. The number of nitrogens with one attached hydrogen (secondary N) is 2. The molecule has 42 heavy (non-hydrogen) atoms. The molecule has 7 nitrogen and oxygen atoms in total. The lowest BCUT2D eigenvalue weighted by molar-refractivity contribution is -0.114. The SMILES string of the molecule is CCN(C=O)C(=N)CCCc1ccc(-c2ccc(OC(F)F)c(C(=O)O)c2)cc1.CNCc1ccc(C(C)(C)C)cc1. The number of amidine groups is 1. The molecule has 0 fully saturated rings. The second-order valence-electron chi connectivity index (χ2n) is 10.8. The van der Waals surface area contributed by atoms with Gasteiger partial charge in [0.05, 0.1) is 0 Å². The molecule has 0 bridgehead atoms. The lowest BCUT2D eigenvalue weighted by Crippen LogP contribution is -2.28. The van der Waals surface area contributed by atoms with E-state index in [1.807, 2.05) is 38.2 Å². The standard InChI is InChI=1S/C21H22F2N2O4.C12H19N/c1-2-25(13-26)19(24)5-3-4-14-6-8-15(9-7-14)16-10-11-18(29-21(22)23)17(12-16)20(27)28;1-12(2,3)11-7-5-10(6-8-11)9-13-4/h6-13,21,24H,2-5H2,1H3,(H,27,28);5-8,13H,9H2,1-4H3. The van der Waals surface area contributed by atoms with Gasteiger partial charge in [0.2, 0.25) is 6.41 Å². The van der Waals surface area contributed by atoms with Gasteiger partial charge in [-0.15, -0.1) is 0 Å². The molecule has 0 spiro atoms. The van der Waals surface area contributed by atoms with Gasteiger partial charge in [-0.2, -0.15) is 8.78 Å². The maximum absolute atomic E-state index is 12.4. The molecule has 0 aliphatic heterocycles. The second kappa shape index (κ2) is 16.4. The molecule has 0 heterocycles. The molecule has 0 aromatic heterocycles. The van der Waals surface area contributed by atoms with Crippen molar-refractivity contribution in [1.29, 1.82) is 5.41 Å². The average molecular weight is 582 g/mol. The van der Waals surface area contributed by atoms with E-state index in [-0.39, 0.29) is 22.6 Å². The molecule has 0 unspecified atom stereocenters. The highest BCUT2D eigenvalue weighted by Crippen LogP contribution is 2.28. The number of ether oxygens (including phenoxy) is 1. The van der Waals surface area contributed by atoms with Crippen molar-refractivity contribution in [2.75, 3.05) is 13.6 Å². The summed E-state index contributed by atoms with van der Waals surface area (Å²) in [5, 5.41) is 20.2. The van der Waals surface area contributed by atoms with Gasteiger partial charge < -0.3 is 20.1 Å². The minimum absolute atomic E-state index is 0.262. The number of nitrogens with zero attached hydrogens (tertiary/aromatic N) is 1. The first-order chi connectivity index (χ1) is 19.9. The molecule has 0 aliphatic carbocycles. The first-order valence-electron chi connectivity index (χ1n) is 13.8. The average Bonchev–Trinajstić information content (AvgIpc) is 2.94. The molecule has 3 N–H and O–H groups in total. The molecule has 0 radical (unpaired) electrons. The number of hydrogen-bond acceptors (Lipinski definition) is 5. The number of carboxylic acid groups (broad SMARTS) is 1. The zero-order chi connectivity index (χ0) is 31.3. The van der Waals surface area contributed by atoms with Crippen LogP contribution < -0.4 is 10.1 Å². The van der Waals surface area contributed by atoms with Crippen LogP contribution in [0.15, 0.2) is 66.7 Å². The van der Waals surface area contributed by atoms with Crippen molar-refractivity contribution in [3.8, 4) is 16.9 Å². The maximum atomic E-state index is 12.4. The summed E-state index contributed by atoms with van der Waals surface area (Å²) in [6, 6.07) is 20.3. The molecule has 3 aromatic rings. The summed E-state index contributed by atoms with van der Waals surface area (Å²) < 4.78 is 29.1. The molecule has 3 aromatic carbocycles. The summed E-state index contributed by atoms with van der Waals surface area (Å²) in [4.78, 5) is 23.5. The Kier molecular flexibility index (Phi) is 13.3. The fraction of sp³-hybridized carbons (Fsp3) is 0.364. The van der Waals surface area contributed by atoms with Crippen molar-refractivity contribution in [3.63, 3.8) is 0 Å². The van der Waals surface area contributed by atoms with E-state index in [1.165, 1.54) is 34.2 Å². The highest BCUT2D eigenvalue weighted by atomic mass is 19.3. The minimum Gasteiger partial charge on any atom is -0.478 e. The lowest BCUT2D eigenvalue weighted by Gasteiger charge is -2.19. The smallest absolute Gasteiger partial charge is 0.387 e. The number of aromatic carboxylic acids is 1. The third-order valence-corrected chi connectivity index (χ3v) is 6.61. The van der Waals surface area contributed by atoms with Crippen molar-refractivity contribution >= 4 is 18.2 Å². The molecular formula is C33H41F2N3O4. The van der Waals surface area contributed by atoms with Crippen molar-refractivity contribution in [1.82, 2.24) is 10.2 Å². The maximum Gasteiger partial charge on any atom is 0.387 e. The largest absolute Gasteiger partial charge is 0.478 e. The molecule has 1 amide bonds. The monoisotopic (exact) mass is 581 g/mol. The van der Waals surface area contributed by atoms with Crippen LogP contribution in [0.4, 0.5) is 8.78 Å². The summed E-state index contributed by atoms with van der Waals surface area (Å²) in [7, 11) is 1.97. The number of rotatable bonds is 12. The Labute approximate surface area is 247 Å². The number of hydrogen-bond donors (Lipinski definition) is 3. The van der Waals surface area contributed by atoms with Gasteiger partial charge in [0.15, 0.2) is 0 Å². The number of aryl methyl sites for hydroxylation is 1. The highest BCUT2D eigenvalue weighted by molar-refractivity contribution is 5.92. The summed E-state index contributed by atoms with van der Waals surface area (Å²) in [6.45, 7) is 6.83. The van der Waals surface area contributed by atoms with Crippen LogP contribution in [0.1, 0.15) is 67.6 Å². The quantitative estimate of drug-likeness (QED) is 0.120. The molecule has 0 aliphatic rings. The fourth-order valence-electron chi connectivity index (χ4n) is 4.20. The molecule has 0 saturated carbocycles. The van der Waals surface area contributed by atoms with Crippen molar-refractivity contribution in [2.45, 2.75) is 65.5 Å². The van der Waals surface area contributed by atoms with E-state index in [9.17, 15) is 23.5 Å². The zero-order valence-electron chi connectivity index (χ0n) is 24.9. The normalized spacial score (nSPS) is 11.0. The Morgan fingerprint density at radius 1 is 1.02 bits per heavy atom. The molecule has 0 atom stereocenters. The zero-order valence-corrected chi connectivity index (χ0v) is 24.9. The minimum atomic E-state index is -3.10. The third kappa shape index (κ3) is 10.7. The van der Waals surface area contributed by atoms with Gasteiger partial charge in [-0.1, -0.05) is 75.4 Å². The third-order valence-electron chi connectivity index (χ3n) is 6.61. The number of halogens is 2. The van der Waals surface area contributed by atoms with Crippen molar-refractivity contribution in [3.05, 3.63) is 89.0 Å². The van der Waals surface area contributed by atoms with Crippen LogP contribution in [0, 0.1) is 5.41 Å². The van der Waals surface area contributed by atoms with E-state index in [0.717, 1.165) is 24.1 Å². The summed E-state index contributed by atoms with van der Waals surface area (Å²) in [5.74, 6) is -1.45. The summed E-state index contributed by atoms with van der Waals surface area (Å²) in [5.41, 5.74) is 5.02. The summed E-state index contributed by atoms with van der Waals surface area (Å²) >= 11 is 0. The Hall–Kier alpha value is -4.11. The second-order valence-corrected chi connectivity index (χ2v) is 10.8. The molecule has 0 saturated heterocycles. The number of amides is 1. The van der Waals surface area contributed by atoms with Crippen LogP contribution in [0.5, 0.6) is 5.75 Å². The topological polar surface area (TPSA) is 103 Å². The van der Waals surface area contributed by atoms with Crippen LogP contribution in [0.3, 0.4) is 0 Å². The van der Waals surface area contributed by atoms with Gasteiger partial charge in [0.25, 0.3) is 0 Å². The highest BCUT2D eigenvalue weighted by Gasteiger charge is 2.16. The van der Waals surface area contributed by atoms with Gasteiger partial charge in [-0.05, 0) is 72.2 Å². The van der Waals surface area contributed by atoms with Gasteiger partial charge >= 0.3 is 12.6 Å². The van der Waals surface area contributed by atoms with Crippen LogP contribution in [0.25, 0.3) is 11.1 Å². The Morgan fingerprint density at radius 3 is 2.12 bits per heavy atom. The Bertz CT molecular complexity index is 1300. The number of carboxylic acids is 1. The van der Waals surface area contributed by atoms with Crippen LogP contribution in [0.2, 0.25) is 0 Å². The Morgan fingerprint density at radius 2 is 1.62 bits per heavy atom. The van der Waals surface area contributed by atoms with E-state index in [0.29, 0.717) is 31.4 Å². The van der Waals surface area contributed by atoms with E-state index in [2.05, 4.69) is 55.1 Å². The van der Waals surface area contributed by atoms with Gasteiger partial charge in [0, 0.05) is 19.5 Å². The Balaban J connectivity index is 0.000000395.